The number of ketones is 1. The highest BCUT2D eigenvalue weighted by Gasteiger charge is 2.52. The van der Waals surface area contributed by atoms with E-state index < -0.39 is 153 Å². The van der Waals surface area contributed by atoms with Crippen LogP contribution in [0.25, 0.3) is 10.9 Å². The molecule has 1 aromatic heterocycles. The topological polar surface area (TPSA) is 47.2 Å². The molecule has 6 aromatic carbocycles. The van der Waals surface area contributed by atoms with Gasteiger partial charge in [0.05, 0.1) is 0 Å². The molecule has 4 nitrogen and oxygen atoms in total. The number of Topliss-reactive ketones (excluding diaryl/α,β-unsaturated/α-hetero) is 1. The van der Waals surface area contributed by atoms with E-state index >= 15 is 35.1 Å². The average Bonchev–Trinajstić information content (AvgIpc) is 3.33. The highest BCUT2D eigenvalue weighted by Crippen LogP contribution is 2.36. The number of para-hydroxylation sites is 1. The highest BCUT2D eigenvalue weighted by atomic mass is 80.0. The molecule has 0 amide bonds. The molecule has 0 atom stereocenters. The van der Waals surface area contributed by atoms with Crippen molar-refractivity contribution in [1.82, 2.24) is 0 Å². The van der Waals surface area contributed by atoms with Crippen LogP contribution in [0, 0.1) is 116 Å². The summed E-state index contributed by atoms with van der Waals surface area (Å²) in [5, 5.41) is 0.924. The fourth-order valence-electron chi connectivity index (χ4n) is 7.50. The fourth-order valence-corrected chi connectivity index (χ4v) is 7.94. The zero-order valence-corrected chi connectivity index (χ0v) is 38.3. The molecular weight excluding hydrogens is 1210 g/mol. The van der Waals surface area contributed by atoms with Crippen LogP contribution in [-0.2, 0) is 11.3 Å². The predicted molar refractivity (Wildman–Crippen MR) is 219 cm³/mol. The van der Waals surface area contributed by atoms with Crippen molar-refractivity contribution in [3.63, 3.8) is 0 Å². The van der Waals surface area contributed by atoms with E-state index in [2.05, 4.69) is 47.8 Å². The van der Waals surface area contributed by atoms with Crippen LogP contribution in [0.15, 0.2) is 66.7 Å². The van der Waals surface area contributed by atoms with Crippen molar-refractivity contribution in [3.8, 4) is 0 Å². The number of nitrogens with zero attached hydrogens (tertiary/aromatic N) is 1. The maximum Gasteiger partial charge on any atom is 0.406 e. The summed E-state index contributed by atoms with van der Waals surface area (Å²) in [5.41, 5.74) is -12.7. The van der Waals surface area contributed by atoms with E-state index in [4.69, 9.17) is 4.74 Å². The minimum atomic E-state index is -7.22. The Labute approximate surface area is 406 Å². The molecule has 372 valence electrons. The van der Waals surface area contributed by atoms with Gasteiger partial charge in [-0.15, -0.1) is 21.9 Å². The number of hydrogen-bond acceptors (Lipinski definition) is 3. The Hall–Kier alpha value is -6.03. The first-order valence-corrected chi connectivity index (χ1v) is 21.0. The molecule has 7 rings (SSSR count). The van der Waals surface area contributed by atoms with Crippen LogP contribution >= 0.6 is 47.8 Å². The van der Waals surface area contributed by atoms with Crippen LogP contribution in [0.2, 0.25) is 0 Å². The molecule has 0 spiro atoms. The summed E-state index contributed by atoms with van der Waals surface area (Å²) < 4.78 is 300. The molecule has 0 N–H and O–H groups in total. The molecule has 0 unspecified atom stereocenters. The maximum atomic E-state index is 15.4. The quantitative estimate of drug-likeness (QED) is 0.0223. The smallest absolute Gasteiger partial charge is 0.406 e. The number of carbonyl (C=O) groups excluding carboxylic acids is 2. The number of esters is 1. The van der Waals surface area contributed by atoms with E-state index in [9.17, 15) is 62.3 Å². The molecule has 0 saturated heterocycles. The second kappa shape index (κ2) is 20.2. The number of pyridine rings is 1. The third kappa shape index (κ3) is 9.25. The van der Waals surface area contributed by atoms with Gasteiger partial charge < -0.3 is 4.74 Å². The number of halogens is 23. The van der Waals surface area contributed by atoms with E-state index in [-0.39, 0.29) is 18.0 Å². The van der Waals surface area contributed by atoms with Gasteiger partial charge in [0.25, 0.3) is 8.02 Å². The number of hydrogen-bond donors (Lipinski definition) is 0. The van der Waals surface area contributed by atoms with Crippen molar-refractivity contribution in [2.75, 3.05) is 0 Å². The number of ether oxygens (including phenoxy) is 1. The number of aromatic nitrogens is 1. The van der Waals surface area contributed by atoms with E-state index in [1.807, 2.05) is 48.5 Å². The molecule has 71 heavy (non-hydrogen) atoms. The van der Waals surface area contributed by atoms with Crippen molar-refractivity contribution in [2.24, 2.45) is 0 Å². The normalized spacial score (nSPS) is 11.8. The van der Waals surface area contributed by atoms with Crippen LogP contribution in [-0.4, -0.2) is 20.2 Å². The van der Waals surface area contributed by atoms with Gasteiger partial charge in [0, 0.05) is 23.1 Å². The molecule has 1 heterocycles. The minimum absolute atomic E-state index is 0.0235. The van der Waals surface area contributed by atoms with Crippen molar-refractivity contribution in [2.45, 2.75) is 8.87 Å². The van der Waals surface area contributed by atoms with Crippen LogP contribution in [0.3, 0.4) is 0 Å². The lowest BCUT2D eigenvalue weighted by Gasteiger charge is -2.44. The first-order valence-electron chi connectivity index (χ1n) is 18.6. The number of alkyl halides is 3. The van der Waals surface area contributed by atoms with Gasteiger partial charge in [-0.3, -0.25) is 4.79 Å². The summed E-state index contributed by atoms with van der Waals surface area (Å²) in [5.74, 6) is -72.1. The average molecular weight is 1220 g/mol. The summed E-state index contributed by atoms with van der Waals surface area (Å²) >= 11 is 9.46. The van der Waals surface area contributed by atoms with E-state index in [0.717, 1.165) is 10.9 Å². The molecule has 7 aromatic rings. The minimum Gasteiger partial charge on any atom is -0.419 e. The molecular formula is C43H13BBr3F20NO3. The van der Waals surface area contributed by atoms with Crippen LogP contribution in [0.1, 0.15) is 20.8 Å². The molecule has 0 saturated carbocycles. The third-order valence-electron chi connectivity index (χ3n) is 10.5. The summed E-state index contributed by atoms with van der Waals surface area (Å²) in [4.78, 5) is 25.3. The van der Waals surface area contributed by atoms with Gasteiger partial charge >= 0.3 is 5.97 Å². The second-order valence-corrected chi connectivity index (χ2v) is 20.8. The first kappa shape index (κ1) is 54.3. The van der Waals surface area contributed by atoms with E-state index in [1.54, 1.807) is 22.8 Å². The van der Waals surface area contributed by atoms with Crippen molar-refractivity contribution in [3.05, 3.63) is 194 Å². The lowest BCUT2D eigenvalue weighted by atomic mass is 9.12. The van der Waals surface area contributed by atoms with Gasteiger partial charge in [-0.1, -0.05) is 42.5 Å². The molecule has 28 heteroatoms. The third-order valence-corrected chi connectivity index (χ3v) is 10.9. The lowest BCUT2D eigenvalue weighted by Crippen LogP contribution is -2.81. The number of fused-ring (bicyclic) bond motifs is 1. The second-order valence-electron chi connectivity index (χ2n) is 14.3. The number of carbonyl (C=O) groups is 2. The van der Waals surface area contributed by atoms with Gasteiger partial charge in [-0.2, -0.15) is 4.57 Å². The number of benzene rings is 6. The molecule has 0 aliphatic rings. The molecule has 0 bridgehead atoms. The van der Waals surface area contributed by atoms with Gasteiger partial charge in [0.1, 0.15) is 52.7 Å². The Morgan fingerprint density at radius 1 is 0.408 bits per heavy atom. The van der Waals surface area contributed by atoms with E-state index in [0.29, 0.717) is 5.56 Å². The monoisotopic (exact) mass is 1220 g/mol. The van der Waals surface area contributed by atoms with Gasteiger partial charge in [-0.25, -0.2) is 92.6 Å². The Morgan fingerprint density at radius 3 is 1.03 bits per heavy atom. The lowest BCUT2D eigenvalue weighted by molar-refractivity contribution is -0.659. The fraction of sp³-hybridized carbons (Fsp3) is 0.0465. The van der Waals surface area contributed by atoms with Crippen LogP contribution in [0.5, 0.6) is 0 Å². The Kier molecular flexibility index (Phi) is 15.5. The largest absolute Gasteiger partial charge is 0.419 e. The summed E-state index contributed by atoms with van der Waals surface area (Å²) in [6, 6.07) is 20.0. The predicted octanol–water partition coefficient (Wildman–Crippen LogP) is 10.8. The van der Waals surface area contributed by atoms with Crippen molar-refractivity contribution in [1.29, 1.82) is 0 Å². The summed E-state index contributed by atoms with van der Waals surface area (Å²) in [6.07, 6.45) is -7.22. The Bertz CT molecular complexity index is 2980. The van der Waals surface area contributed by atoms with E-state index in [1.165, 1.54) is 0 Å². The molecule has 0 fully saturated rings. The van der Waals surface area contributed by atoms with Gasteiger partial charge in [0.15, 0.2) is 69.8 Å². The highest BCUT2D eigenvalue weighted by molar-refractivity contribution is 9.39. The first-order chi connectivity index (χ1) is 33.1. The standard InChI is InChI=1S/C24BF20.C19H13Br3NO3/c26-5-1(6(27)14(35)21(42)13(5)34)25(2-7(28)15(36)22(43)16(37)8(2)29,3-9(30)17(38)23(44)18(39)10(3)31)4-11(32)19(40)24(45)20(41)12(4)33;20-19(21,22)26-18(25)16-11-10-13-6-4-5-9-15(13)23(16)12-17(24)14-7-2-1-3-8-14/h;1-11H,12H2/q-1;+1. The van der Waals surface area contributed by atoms with Gasteiger partial charge in [0.2, 0.25) is 17.8 Å². The molecule has 0 radical (unpaired) electrons. The van der Waals surface area contributed by atoms with Crippen molar-refractivity contribution >= 4 is 98.4 Å². The maximum absolute atomic E-state index is 15.4. The Morgan fingerprint density at radius 2 is 0.704 bits per heavy atom. The Balaban J connectivity index is 0.000000268. The SMILES string of the molecule is Fc1c(F)c(F)c([B-](c2c(F)c(F)c(F)c(F)c2F)(c2c(F)c(F)c(F)c(F)c2F)c2c(F)c(F)c(F)c(F)c2F)c(F)c1F.O=C(C[n+]1c(C(=O)OC(Br)(Br)Br)ccc2ccccc21)c1ccccc1. The summed E-state index contributed by atoms with van der Waals surface area (Å²) in [6.45, 7) is 0.0235. The zero-order valence-electron chi connectivity index (χ0n) is 33.5. The van der Waals surface area contributed by atoms with Gasteiger partial charge in [-0.05, 0) is 59.9 Å². The zero-order chi connectivity index (χ0) is 53.1. The summed E-state index contributed by atoms with van der Waals surface area (Å²) in [7, 11) is 0. The molecule has 0 aliphatic carbocycles. The number of rotatable bonds is 8. The molecule has 0 aliphatic heterocycles. The van der Waals surface area contributed by atoms with Crippen LogP contribution in [0.4, 0.5) is 87.8 Å². The van der Waals surface area contributed by atoms with Crippen LogP contribution < -0.4 is 26.4 Å². The van der Waals surface area contributed by atoms with Crippen molar-refractivity contribution < 1.29 is 107 Å².